The van der Waals surface area contributed by atoms with Gasteiger partial charge in [-0.15, -0.1) is 21.5 Å². The van der Waals surface area contributed by atoms with Crippen LogP contribution in [-0.2, 0) is 12.3 Å². The smallest absolute Gasteiger partial charge is 0.206 e. The van der Waals surface area contributed by atoms with E-state index in [1.165, 1.54) is 11.3 Å². The van der Waals surface area contributed by atoms with Crippen molar-refractivity contribution in [1.29, 1.82) is 0 Å². The molecule has 9 heteroatoms. The van der Waals surface area contributed by atoms with Gasteiger partial charge in [0.25, 0.3) is 0 Å². The first-order valence-electron chi connectivity index (χ1n) is 7.07. The highest BCUT2D eigenvalue weighted by atomic mass is 32.2. The summed E-state index contributed by atoms with van der Waals surface area (Å²) in [6, 6.07) is 7.56. The maximum Gasteiger partial charge on any atom is 0.206 e. The third kappa shape index (κ3) is 3.69. The van der Waals surface area contributed by atoms with Gasteiger partial charge in [0.2, 0.25) is 5.13 Å². The zero-order valence-corrected chi connectivity index (χ0v) is 14.8. The van der Waals surface area contributed by atoms with Crippen LogP contribution in [0, 0.1) is 0 Å². The summed E-state index contributed by atoms with van der Waals surface area (Å²) in [5, 5.41) is 15.2. The summed E-state index contributed by atoms with van der Waals surface area (Å²) < 4.78 is 11.5. The van der Waals surface area contributed by atoms with Gasteiger partial charge in [0, 0.05) is 11.1 Å². The summed E-state index contributed by atoms with van der Waals surface area (Å²) in [4.78, 5) is 4.58. The number of rotatable bonds is 7. The predicted octanol–water partition coefficient (Wildman–Crippen LogP) is 4.75. The van der Waals surface area contributed by atoms with E-state index in [9.17, 15) is 0 Å². The molecule has 0 aliphatic carbocycles. The normalized spacial score (nSPS) is 11.0. The Labute approximate surface area is 150 Å². The molecule has 0 amide bonds. The minimum Gasteiger partial charge on any atom is -0.467 e. The van der Waals surface area contributed by atoms with Crippen molar-refractivity contribution in [3.8, 4) is 10.8 Å². The van der Waals surface area contributed by atoms with Crippen molar-refractivity contribution < 1.29 is 8.83 Å². The Hall–Kier alpha value is -2.10. The van der Waals surface area contributed by atoms with Crippen molar-refractivity contribution in [2.45, 2.75) is 16.6 Å². The maximum absolute atomic E-state index is 5.36. The van der Waals surface area contributed by atoms with E-state index in [1.807, 2.05) is 29.6 Å². The molecule has 0 atom stereocenters. The van der Waals surface area contributed by atoms with E-state index < -0.39 is 0 Å². The van der Waals surface area contributed by atoms with Crippen LogP contribution in [0.2, 0.25) is 0 Å². The van der Waals surface area contributed by atoms with Crippen molar-refractivity contribution in [3.05, 3.63) is 53.6 Å². The summed E-state index contributed by atoms with van der Waals surface area (Å²) in [6.07, 6.45) is 3.31. The van der Waals surface area contributed by atoms with Gasteiger partial charge in [0.15, 0.2) is 15.1 Å². The van der Waals surface area contributed by atoms with Crippen LogP contribution >= 0.6 is 34.4 Å². The molecule has 4 aromatic rings. The average molecular weight is 376 g/mol. The van der Waals surface area contributed by atoms with Crippen molar-refractivity contribution in [2.75, 3.05) is 5.32 Å². The van der Waals surface area contributed by atoms with Gasteiger partial charge < -0.3 is 14.2 Å². The number of furan rings is 2. The van der Waals surface area contributed by atoms with Crippen LogP contribution in [0.15, 0.2) is 55.3 Å². The summed E-state index contributed by atoms with van der Waals surface area (Å²) in [6.45, 7) is 0.602. The molecule has 0 bridgehead atoms. The minimum absolute atomic E-state index is 0.602. The van der Waals surface area contributed by atoms with Crippen LogP contribution in [0.25, 0.3) is 10.8 Å². The van der Waals surface area contributed by atoms with Gasteiger partial charge in [-0.05, 0) is 24.3 Å². The average Bonchev–Trinajstić information content (AvgIpc) is 3.40. The molecular formula is C15H12N4O2S3. The lowest BCUT2D eigenvalue weighted by molar-refractivity contribution is 0.518. The highest BCUT2D eigenvalue weighted by Gasteiger charge is 2.10. The number of aromatic nitrogens is 3. The second-order valence-electron chi connectivity index (χ2n) is 4.72. The fraction of sp³-hybridized carbons (Fsp3) is 0.133. The highest BCUT2D eigenvalue weighted by Crippen LogP contribution is 2.30. The van der Waals surface area contributed by atoms with E-state index >= 15 is 0 Å². The highest BCUT2D eigenvalue weighted by molar-refractivity contribution is 8.00. The molecule has 0 radical (unpaired) electrons. The molecule has 0 saturated carbocycles. The molecule has 4 heterocycles. The zero-order valence-electron chi connectivity index (χ0n) is 12.3. The Morgan fingerprint density at radius 1 is 1.12 bits per heavy atom. The third-order valence-electron chi connectivity index (χ3n) is 3.03. The van der Waals surface area contributed by atoms with Gasteiger partial charge in [-0.25, -0.2) is 4.98 Å². The van der Waals surface area contributed by atoms with Crippen LogP contribution in [0.5, 0.6) is 0 Å². The van der Waals surface area contributed by atoms with Gasteiger partial charge in [0.1, 0.15) is 5.76 Å². The van der Waals surface area contributed by atoms with Gasteiger partial charge in [0.05, 0.1) is 24.8 Å². The van der Waals surface area contributed by atoms with Crippen molar-refractivity contribution in [3.63, 3.8) is 0 Å². The van der Waals surface area contributed by atoms with Gasteiger partial charge in [-0.3, -0.25) is 0 Å². The first-order chi connectivity index (χ1) is 11.9. The second-order valence-corrected chi connectivity index (χ2v) is 7.77. The number of anilines is 1. The third-order valence-corrected chi connectivity index (χ3v) is 5.98. The number of thiazole rings is 1. The SMILES string of the molecule is c1coc(CNc2nnc(SCc3csc(-c4ccco4)n3)s2)c1. The summed E-state index contributed by atoms with van der Waals surface area (Å²) >= 11 is 4.73. The van der Waals surface area contributed by atoms with E-state index in [0.29, 0.717) is 6.54 Å². The van der Waals surface area contributed by atoms with Crippen LogP contribution in [0.1, 0.15) is 11.5 Å². The van der Waals surface area contributed by atoms with Crippen molar-refractivity contribution in [2.24, 2.45) is 0 Å². The lowest BCUT2D eigenvalue weighted by Crippen LogP contribution is -1.96. The maximum atomic E-state index is 5.36. The molecule has 4 aromatic heterocycles. The molecule has 4 rings (SSSR count). The molecule has 0 saturated heterocycles. The Morgan fingerprint density at radius 3 is 2.88 bits per heavy atom. The fourth-order valence-electron chi connectivity index (χ4n) is 1.94. The van der Waals surface area contributed by atoms with Gasteiger partial charge in [-0.2, -0.15) is 0 Å². The molecule has 0 fully saturated rings. The molecule has 0 aromatic carbocycles. The first-order valence-corrected chi connectivity index (χ1v) is 9.76. The zero-order chi connectivity index (χ0) is 16.2. The Balaban J connectivity index is 1.31. The predicted molar refractivity (Wildman–Crippen MR) is 95.3 cm³/mol. The standard InChI is InChI=1S/C15H12N4O2S3/c1-3-11(20-5-1)7-16-14-18-19-15(24-14)23-9-10-8-22-13(17-10)12-4-2-6-21-12/h1-6,8H,7,9H2,(H,16,18). The molecule has 122 valence electrons. The quantitative estimate of drug-likeness (QED) is 0.466. The van der Waals surface area contributed by atoms with E-state index in [2.05, 4.69) is 20.5 Å². The van der Waals surface area contributed by atoms with Crippen LogP contribution in [-0.4, -0.2) is 15.2 Å². The lowest BCUT2D eigenvalue weighted by Gasteiger charge is -1.96. The fourth-order valence-corrected chi connectivity index (χ4v) is 4.47. The van der Waals surface area contributed by atoms with Gasteiger partial charge in [-0.1, -0.05) is 23.1 Å². The molecule has 1 N–H and O–H groups in total. The Kier molecular flexibility index (Phi) is 4.63. The van der Waals surface area contributed by atoms with Crippen LogP contribution in [0.4, 0.5) is 5.13 Å². The number of nitrogens with zero attached hydrogens (tertiary/aromatic N) is 3. The van der Waals surface area contributed by atoms with Crippen molar-refractivity contribution in [1.82, 2.24) is 15.2 Å². The molecule has 0 unspecified atom stereocenters. The van der Waals surface area contributed by atoms with Crippen LogP contribution in [0.3, 0.4) is 0 Å². The Morgan fingerprint density at radius 2 is 2.04 bits per heavy atom. The monoisotopic (exact) mass is 376 g/mol. The largest absolute Gasteiger partial charge is 0.467 e. The molecule has 0 aliphatic heterocycles. The van der Waals surface area contributed by atoms with E-state index in [4.69, 9.17) is 8.83 Å². The van der Waals surface area contributed by atoms with E-state index in [0.717, 1.165) is 37.4 Å². The summed E-state index contributed by atoms with van der Waals surface area (Å²) in [5.74, 6) is 2.42. The number of hydrogen-bond donors (Lipinski definition) is 1. The molecular weight excluding hydrogens is 364 g/mol. The van der Waals surface area contributed by atoms with E-state index in [1.54, 1.807) is 35.6 Å². The topological polar surface area (TPSA) is 77.0 Å². The molecule has 6 nitrogen and oxygen atoms in total. The summed E-state index contributed by atoms with van der Waals surface area (Å²) in [7, 11) is 0. The Bertz CT molecular complexity index is 884. The van der Waals surface area contributed by atoms with Gasteiger partial charge >= 0.3 is 0 Å². The van der Waals surface area contributed by atoms with E-state index in [-0.39, 0.29) is 0 Å². The number of thioether (sulfide) groups is 1. The minimum atomic E-state index is 0.602. The summed E-state index contributed by atoms with van der Waals surface area (Å²) in [5.41, 5.74) is 1.01. The number of nitrogens with one attached hydrogen (secondary N) is 1. The molecule has 0 aliphatic rings. The first kappa shape index (κ1) is 15.4. The number of hydrogen-bond acceptors (Lipinski definition) is 9. The second kappa shape index (κ2) is 7.20. The molecule has 24 heavy (non-hydrogen) atoms. The lowest BCUT2D eigenvalue weighted by atomic mass is 10.4. The molecule has 0 spiro atoms. The van der Waals surface area contributed by atoms with Crippen molar-refractivity contribution >= 4 is 39.6 Å². The van der Waals surface area contributed by atoms with Crippen LogP contribution < -0.4 is 5.32 Å².